The van der Waals surface area contributed by atoms with Crippen LogP contribution in [0.25, 0.3) is 0 Å². The van der Waals surface area contributed by atoms with Crippen molar-refractivity contribution in [2.75, 3.05) is 0 Å². The van der Waals surface area contributed by atoms with Gasteiger partial charge in [0, 0.05) is 12.3 Å². The Kier molecular flexibility index (Phi) is 8.31. The zero-order valence-corrected chi connectivity index (χ0v) is 12.6. The monoisotopic (exact) mass is 282 g/mol. The third-order valence-corrected chi connectivity index (χ3v) is 4.52. The predicted molar refractivity (Wildman–Crippen MR) is 80.8 cm³/mol. The van der Waals surface area contributed by atoms with E-state index in [1.165, 1.54) is 32.1 Å². The van der Waals surface area contributed by atoms with Crippen LogP contribution in [0.3, 0.4) is 0 Å². The Hall–Kier alpha value is -1.06. The highest BCUT2D eigenvalue weighted by atomic mass is 16.1. The Morgan fingerprint density at radius 2 is 1.50 bits per heavy atom. The summed E-state index contributed by atoms with van der Waals surface area (Å²) in [5, 5.41) is 0. The van der Waals surface area contributed by atoms with E-state index < -0.39 is 0 Å². The lowest BCUT2D eigenvalue weighted by Crippen LogP contribution is -2.31. The van der Waals surface area contributed by atoms with Crippen LogP contribution in [-0.2, 0) is 9.59 Å². The number of rotatable bonds is 10. The number of amides is 2. The molecule has 0 aromatic rings. The summed E-state index contributed by atoms with van der Waals surface area (Å²) in [6, 6.07) is 0. The molecule has 1 aliphatic rings. The van der Waals surface area contributed by atoms with Crippen LogP contribution in [0.2, 0.25) is 0 Å². The predicted octanol–water partition coefficient (Wildman–Crippen LogP) is 2.88. The van der Waals surface area contributed by atoms with Crippen LogP contribution in [-0.4, -0.2) is 11.8 Å². The van der Waals surface area contributed by atoms with E-state index in [0.29, 0.717) is 12.3 Å². The summed E-state index contributed by atoms with van der Waals surface area (Å²) in [4.78, 5) is 22.2. The van der Waals surface area contributed by atoms with Crippen molar-refractivity contribution in [3.63, 3.8) is 0 Å². The van der Waals surface area contributed by atoms with E-state index in [1.807, 2.05) is 0 Å². The van der Waals surface area contributed by atoms with Gasteiger partial charge < -0.3 is 11.5 Å². The van der Waals surface area contributed by atoms with E-state index in [4.69, 9.17) is 11.5 Å². The van der Waals surface area contributed by atoms with Gasteiger partial charge in [0.1, 0.15) is 0 Å². The normalized spacial score (nSPS) is 17.8. The molecule has 0 aromatic carbocycles. The lowest BCUT2D eigenvalue weighted by molar-refractivity contribution is -0.124. The molecule has 0 aliphatic heterocycles. The molecule has 0 radical (unpaired) electrons. The quantitative estimate of drug-likeness (QED) is 0.604. The molecule has 1 atom stereocenters. The largest absolute Gasteiger partial charge is 0.370 e. The van der Waals surface area contributed by atoms with Gasteiger partial charge in [-0.2, -0.15) is 0 Å². The lowest BCUT2D eigenvalue weighted by atomic mass is 9.77. The fourth-order valence-electron chi connectivity index (χ4n) is 3.34. The van der Waals surface area contributed by atoms with Gasteiger partial charge in [-0.05, 0) is 31.6 Å². The number of hydrogen-bond acceptors (Lipinski definition) is 2. The maximum atomic E-state index is 11.6. The fourth-order valence-corrected chi connectivity index (χ4v) is 3.34. The second-order valence-corrected chi connectivity index (χ2v) is 6.18. The Morgan fingerprint density at radius 1 is 0.900 bits per heavy atom. The van der Waals surface area contributed by atoms with Gasteiger partial charge in [-0.25, -0.2) is 0 Å². The molecular formula is C16H30N2O2. The van der Waals surface area contributed by atoms with Crippen LogP contribution >= 0.6 is 0 Å². The Labute approximate surface area is 122 Å². The minimum Gasteiger partial charge on any atom is -0.370 e. The highest BCUT2D eigenvalue weighted by molar-refractivity contribution is 5.76. The molecule has 0 bridgehead atoms. The van der Waals surface area contributed by atoms with E-state index in [9.17, 15) is 9.59 Å². The van der Waals surface area contributed by atoms with E-state index in [-0.39, 0.29) is 17.7 Å². The zero-order chi connectivity index (χ0) is 14.8. The average Bonchev–Trinajstić information content (AvgIpc) is 2.42. The van der Waals surface area contributed by atoms with Gasteiger partial charge in [0.25, 0.3) is 0 Å². The van der Waals surface area contributed by atoms with Crippen molar-refractivity contribution < 1.29 is 9.59 Å². The summed E-state index contributed by atoms with van der Waals surface area (Å²) >= 11 is 0. The number of hydrogen-bond donors (Lipinski definition) is 2. The average molecular weight is 282 g/mol. The van der Waals surface area contributed by atoms with Crippen LogP contribution in [0.4, 0.5) is 0 Å². The van der Waals surface area contributed by atoms with Crippen LogP contribution in [0.1, 0.15) is 77.0 Å². The van der Waals surface area contributed by atoms with Gasteiger partial charge in [0.15, 0.2) is 0 Å². The van der Waals surface area contributed by atoms with Crippen molar-refractivity contribution in [1.29, 1.82) is 0 Å². The summed E-state index contributed by atoms with van der Waals surface area (Å²) < 4.78 is 0. The second-order valence-electron chi connectivity index (χ2n) is 6.18. The first-order chi connectivity index (χ1) is 9.61. The van der Waals surface area contributed by atoms with Crippen molar-refractivity contribution >= 4 is 11.8 Å². The van der Waals surface area contributed by atoms with E-state index in [2.05, 4.69) is 0 Å². The number of nitrogens with two attached hydrogens (primary N) is 2. The van der Waals surface area contributed by atoms with Gasteiger partial charge in [0.2, 0.25) is 11.8 Å². The smallest absolute Gasteiger partial charge is 0.220 e. The Bertz CT molecular complexity index is 299. The molecule has 116 valence electrons. The Balaban J connectivity index is 2.13. The van der Waals surface area contributed by atoms with Crippen molar-refractivity contribution in [3.8, 4) is 0 Å². The zero-order valence-electron chi connectivity index (χ0n) is 12.6. The number of unbranched alkanes of at least 4 members (excludes halogenated alkanes) is 4. The molecule has 0 aromatic heterocycles. The van der Waals surface area contributed by atoms with E-state index in [1.54, 1.807) is 0 Å². The number of primary amides is 2. The number of carbonyl (C=O) groups is 2. The van der Waals surface area contributed by atoms with Crippen LogP contribution in [0.5, 0.6) is 0 Å². The molecule has 1 rings (SSSR count). The molecule has 2 amide bonds. The highest BCUT2D eigenvalue weighted by Gasteiger charge is 2.27. The Morgan fingerprint density at radius 3 is 2.10 bits per heavy atom. The summed E-state index contributed by atoms with van der Waals surface area (Å²) in [7, 11) is 0. The first-order valence-corrected chi connectivity index (χ1v) is 8.19. The summed E-state index contributed by atoms with van der Waals surface area (Å²) in [5.74, 6) is 0.291. The fraction of sp³-hybridized carbons (Fsp3) is 0.875. The van der Waals surface area contributed by atoms with Gasteiger partial charge >= 0.3 is 0 Å². The standard InChI is InChI=1S/C16H30N2O2/c17-15(19)12-8-3-1-2-7-11-14(16(18)20)13-9-5-4-6-10-13/h13-14H,1-12H2,(H2,17,19)(H2,18,20). The third-order valence-electron chi connectivity index (χ3n) is 4.52. The van der Waals surface area contributed by atoms with Crippen molar-refractivity contribution in [3.05, 3.63) is 0 Å². The lowest BCUT2D eigenvalue weighted by Gasteiger charge is -2.28. The minimum absolute atomic E-state index is 0.0842. The van der Waals surface area contributed by atoms with Crippen LogP contribution < -0.4 is 11.5 Å². The SMILES string of the molecule is NC(=O)CCCCCCCC(C(N)=O)C1CCCCC1. The summed E-state index contributed by atoms with van der Waals surface area (Å²) in [6.45, 7) is 0. The molecule has 1 unspecified atom stereocenters. The molecule has 20 heavy (non-hydrogen) atoms. The molecule has 0 spiro atoms. The van der Waals surface area contributed by atoms with E-state index >= 15 is 0 Å². The van der Waals surface area contributed by atoms with Crippen LogP contribution in [0.15, 0.2) is 0 Å². The van der Waals surface area contributed by atoms with Gasteiger partial charge in [-0.3, -0.25) is 9.59 Å². The molecule has 0 saturated heterocycles. The molecular weight excluding hydrogens is 252 g/mol. The maximum absolute atomic E-state index is 11.6. The van der Waals surface area contributed by atoms with Gasteiger partial charge in [-0.1, -0.05) is 44.9 Å². The highest BCUT2D eigenvalue weighted by Crippen LogP contribution is 2.32. The van der Waals surface area contributed by atoms with Crippen molar-refractivity contribution in [2.45, 2.75) is 77.0 Å². The van der Waals surface area contributed by atoms with E-state index in [0.717, 1.165) is 38.5 Å². The topological polar surface area (TPSA) is 86.2 Å². The molecule has 0 heterocycles. The first-order valence-electron chi connectivity index (χ1n) is 8.19. The molecule has 4 nitrogen and oxygen atoms in total. The van der Waals surface area contributed by atoms with Gasteiger partial charge in [-0.15, -0.1) is 0 Å². The van der Waals surface area contributed by atoms with Gasteiger partial charge in [0.05, 0.1) is 0 Å². The third kappa shape index (κ3) is 6.92. The number of carbonyl (C=O) groups excluding carboxylic acids is 2. The minimum atomic E-state index is -0.212. The summed E-state index contributed by atoms with van der Waals surface area (Å²) in [6.07, 6.45) is 12.8. The molecule has 1 fully saturated rings. The van der Waals surface area contributed by atoms with Crippen LogP contribution in [0, 0.1) is 11.8 Å². The summed E-state index contributed by atoms with van der Waals surface area (Å²) in [5.41, 5.74) is 10.7. The van der Waals surface area contributed by atoms with Crippen molar-refractivity contribution in [1.82, 2.24) is 0 Å². The second kappa shape index (κ2) is 9.78. The molecule has 4 N–H and O–H groups in total. The maximum Gasteiger partial charge on any atom is 0.220 e. The van der Waals surface area contributed by atoms with Crippen molar-refractivity contribution in [2.24, 2.45) is 23.3 Å². The molecule has 1 saturated carbocycles. The molecule has 1 aliphatic carbocycles. The molecule has 4 heteroatoms. The first kappa shape index (κ1) is 17.0.